The largest absolute Gasteiger partial charge is 0.433 e. The lowest BCUT2D eigenvalue weighted by atomic mass is 9.97. The highest BCUT2D eigenvalue weighted by Gasteiger charge is 2.32. The van der Waals surface area contributed by atoms with Crippen molar-refractivity contribution in [2.45, 2.75) is 26.1 Å². The Hall–Kier alpha value is -2.90. The van der Waals surface area contributed by atoms with Crippen molar-refractivity contribution in [1.82, 2.24) is 20.1 Å². The van der Waals surface area contributed by atoms with Gasteiger partial charge in [-0.25, -0.2) is 0 Å². The number of aromatic amines is 1. The van der Waals surface area contributed by atoms with Crippen molar-refractivity contribution in [3.8, 4) is 11.3 Å². The maximum absolute atomic E-state index is 12.9. The number of aromatic nitrogens is 3. The SMILES string of the molecule is CC(=O)N1CCc2[nH]nc(-c3cccc4cc(C(F)(F)F)ncc34)c2C1. The molecule has 3 heterocycles. The Morgan fingerprint density at radius 1 is 1.31 bits per heavy atom. The first-order chi connectivity index (χ1) is 12.3. The number of alkyl halides is 3. The van der Waals surface area contributed by atoms with Gasteiger partial charge in [0.15, 0.2) is 0 Å². The number of rotatable bonds is 1. The van der Waals surface area contributed by atoms with Crippen LogP contribution >= 0.6 is 0 Å². The lowest BCUT2D eigenvalue weighted by molar-refractivity contribution is -0.141. The number of H-pyrrole nitrogens is 1. The summed E-state index contributed by atoms with van der Waals surface area (Å²) in [5, 5.41) is 8.40. The van der Waals surface area contributed by atoms with E-state index in [-0.39, 0.29) is 5.91 Å². The van der Waals surface area contributed by atoms with Crippen molar-refractivity contribution >= 4 is 16.7 Å². The third-order valence-corrected chi connectivity index (χ3v) is 4.69. The summed E-state index contributed by atoms with van der Waals surface area (Å²) >= 11 is 0. The molecule has 26 heavy (non-hydrogen) atoms. The van der Waals surface area contributed by atoms with Gasteiger partial charge in [0.2, 0.25) is 5.91 Å². The Labute approximate surface area is 146 Å². The predicted octanol–water partition coefficient (Wildman–Crippen LogP) is 3.55. The molecule has 8 heteroatoms. The molecule has 1 aromatic carbocycles. The number of hydrogen-bond donors (Lipinski definition) is 1. The lowest BCUT2D eigenvalue weighted by Crippen LogP contribution is -2.34. The highest BCUT2D eigenvalue weighted by molar-refractivity contribution is 5.96. The van der Waals surface area contributed by atoms with Gasteiger partial charge in [-0.15, -0.1) is 0 Å². The van der Waals surface area contributed by atoms with Crippen LogP contribution < -0.4 is 0 Å². The maximum atomic E-state index is 12.9. The number of pyridine rings is 1. The molecule has 0 saturated heterocycles. The van der Waals surface area contributed by atoms with E-state index in [2.05, 4.69) is 15.2 Å². The van der Waals surface area contributed by atoms with Crippen molar-refractivity contribution in [1.29, 1.82) is 0 Å². The fourth-order valence-electron chi connectivity index (χ4n) is 3.32. The third-order valence-electron chi connectivity index (χ3n) is 4.69. The fraction of sp³-hybridized carbons (Fsp3) is 0.278. The van der Waals surface area contributed by atoms with Crippen LogP contribution in [0.25, 0.3) is 22.0 Å². The monoisotopic (exact) mass is 360 g/mol. The summed E-state index contributed by atoms with van der Waals surface area (Å²) in [4.78, 5) is 17.0. The zero-order valence-electron chi connectivity index (χ0n) is 13.9. The number of halogens is 3. The fourth-order valence-corrected chi connectivity index (χ4v) is 3.32. The second-order valence-electron chi connectivity index (χ2n) is 6.31. The lowest BCUT2D eigenvalue weighted by Gasteiger charge is -2.26. The summed E-state index contributed by atoms with van der Waals surface area (Å²) in [5.41, 5.74) is 2.28. The molecule has 0 spiro atoms. The van der Waals surface area contributed by atoms with E-state index in [1.807, 2.05) is 0 Å². The average molecular weight is 360 g/mol. The van der Waals surface area contributed by atoms with Gasteiger partial charge in [0, 0.05) is 54.8 Å². The molecule has 4 rings (SSSR count). The molecule has 0 saturated carbocycles. The number of carbonyl (C=O) groups is 1. The molecule has 1 N–H and O–H groups in total. The molecule has 1 aliphatic rings. The van der Waals surface area contributed by atoms with Gasteiger partial charge >= 0.3 is 6.18 Å². The number of nitrogens with one attached hydrogen (secondary N) is 1. The first-order valence-electron chi connectivity index (χ1n) is 8.12. The molecule has 5 nitrogen and oxygen atoms in total. The standard InChI is InChI=1S/C18H15F3N4O/c1-10(26)25-6-5-15-14(9-25)17(24-23-15)12-4-2-3-11-7-16(18(19,20)21)22-8-13(11)12/h2-4,7-8H,5-6,9H2,1H3,(H,23,24). The van der Waals surface area contributed by atoms with Gasteiger partial charge in [-0.2, -0.15) is 18.3 Å². The summed E-state index contributed by atoms with van der Waals surface area (Å²) in [7, 11) is 0. The smallest absolute Gasteiger partial charge is 0.338 e. The van der Waals surface area contributed by atoms with Crippen LogP contribution in [0, 0.1) is 0 Å². The number of amides is 1. The molecule has 0 fully saturated rings. The molecule has 0 radical (unpaired) electrons. The Kier molecular flexibility index (Phi) is 3.71. The molecule has 0 aliphatic carbocycles. The molecule has 2 aromatic heterocycles. The molecule has 134 valence electrons. The Morgan fingerprint density at radius 3 is 2.85 bits per heavy atom. The third kappa shape index (κ3) is 2.71. The van der Waals surface area contributed by atoms with E-state index in [9.17, 15) is 18.0 Å². The molecular weight excluding hydrogens is 345 g/mol. The van der Waals surface area contributed by atoms with Gasteiger partial charge < -0.3 is 4.90 Å². The van der Waals surface area contributed by atoms with Crippen LogP contribution in [0.1, 0.15) is 23.9 Å². The van der Waals surface area contributed by atoms with E-state index < -0.39 is 11.9 Å². The number of fused-ring (bicyclic) bond motifs is 2. The quantitative estimate of drug-likeness (QED) is 0.722. The molecule has 0 unspecified atom stereocenters. The van der Waals surface area contributed by atoms with Crippen molar-refractivity contribution < 1.29 is 18.0 Å². The maximum Gasteiger partial charge on any atom is 0.433 e. The molecule has 0 atom stereocenters. The van der Waals surface area contributed by atoms with Gasteiger partial charge in [0.1, 0.15) is 5.69 Å². The van der Waals surface area contributed by atoms with Crippen molar-refractivity contribution in [3.05, 3.63) is 47.4 Å². The van der Waals surface area contributed by atoms with Crippen LogP contribution in [0.4, 0.5) is 13.2 Å². The molecular formula is C18H15F3N4O. The minimum Gasteiger partial charge on any atom is -0.338 e. The molecule has 1 aliphatic heterocycles. The van der Waals surface area contributed by atoms with E-state index in [4.69, 9.17) is 0 Å². The summed E-state index contributed by atoms with van der Waals surface area (Å²) in [6.07, 6.45) is -2.58. The van der Waals surface area contributed by atoms with E-state index >= 15 is 0 Å². The zero-order valence-corrected chi connectivity index (χ0v) is 13.9. The summed E-state index contributed by atoms with van der Waals surface area (Å²) in [5.74, 6) is -0.0165. The second-order valence-corrected chi connectivity index (χ2v) is 6.31. The molecule has 0 bridgehead atoms. The van der Waals surface area contributed by atoms with E-state index in [1.54, 1.807) is 23.1 Å². The van der Waals surface area contributed by atoms with Crippen LogP contribution in [0.15, 0.2) is 30.5 Å². The minimum atomic E-state index is -4.49. The van der Waals surface area contributed by atoms with Gasteiger partial charge in [-0.05, 0) is 11.5 Å². The average Bonchev–Trinajstić information content (AvgIpc) is 3.02. The number of nitrogens with zero attached hydrogens (tertiary/aromatic N) is 3. The summed E-state index contributed by atoms with van der Waals surface area (Å²) in [6, 6.07) is 6.17. The van der Waals surface area contributed by atoms with Gasteiger partial charge in [0.05, 0.1) is 5.69 Å². The van der Waals surface area contributed by atoms with Gasteiger partial charge in [-0.3, -0.25) is 14.9 Å². The summed E-state index contributed by atoms with van der Waals surface area (Å²) < 4.78 is 38.7. The number of carbonyl (C=O) groups excluding carboxylic acids is 1. The summed E-state index contributed by atoms with van der Waals surface area (Å²) in [6.45, 7) is 2.57. The second kappa shape index (κ2) is 5.82. The van der Waals surface area contributed by atoms with Crippen molar-refractivity contribution in [2.75, 3.05) is 6.54 Å². The number of hydrogen-bond acceptors (Lipinski definition) is 3. The van der Waals surface area contributed by atoms with Gasteiger partial charge in [-0.1, -0.05) is 18.2 Å². The van der Waals surface area contributed by atoms with E-state index in [0.29, 0.717) is 41.5 Å². The number of benzene rings is 1. The first-order valence-corrected chi connectivity index (χ1v) is 8.12. The van der Waals surface area contributed by atoms with E-state index in [0.717, 1.165) is 17.3 Å². The molecule has 1 amide bonds. The van der Waals surface area contributed by atoms with E-state index in [1.165, 1.54) is 13.1 Å². The Morgan fingerprint density at radius 2 is 2.12 bits per heavy atom. The highest BCUT2D eigenvalue weighted by atomic mass is 19.4. The Bertz CT molecular complexity index is 1010. The molecule has 3 aromatic rings. The van der Waals surface area contributed by atoms with Crippen LogP contribution in [-0.4, -0.2) is 32.5 Å². The topological polar surface area (TPSA) is 61.9 Å². The highest BCUT2D eigenvalue weighted by Crippen LogP contribution is 2.35. The van der Waals surface area contributed by atoms with Crippen LogP contribution in [0.5, 0.6) is 0 Å². The predicted molar refractivity (Wildman–Crippen MR) is 89.1 cm³/mol. The van der Waals surface area contributed by atoms with Crippen molar-refractivity contribution in [3.63, 3.8) is 0 Å². The van der Waals surface area contributed by atoms with Crippen molar-refractivity contribution in [2.24, 2.45) is 0 Å². The minimum absolute atomic E-state index is 0.0165. The first kappa shape index (κ1) is 16.6. The normalized spacial score (nSPS) is 14.5. The van der Waals surface area contributed by atoms with Crippen LogP contribution in [-0.2, 0) is 23.9 Å². The van der Waals surface area contributed by atoms with Crippen LogP contribution in [0.2, 0.25) is 0 Å². The van der Waals surface area contributed by atoms with Gasteiger partial charge in [0.25, 0.3) is 0 Å². The zero-order chi connectivity index (χ0) is 18.5. The van der Waals surface area contributed by atoms with Crippen LogP contribution in [0.3, 0.4) is 0 Å². The Balaban J connectivity index is 1.84.